The van der Waals surface area contributed by atoms with Crippen molar-refractivity contribution < 1.29 is 38.1 Å². The van der Waals surface area contributed by atoms with E-state index in [1.165, 1.54) is 0 Å². The summed E-state index contributed by atoms with van der Waals surface area (Å²) in [4.78, 5) is 52.7. The van der Waals surface area contributed by atoms with E-state index in [9.17, 15) is 19.2 Å². The largest absolute Gasteiger partial charge is 0.464 e. The molecule has 5 rings (SSSR count). The molecule has 3 aromatic carbocycles. The molecule has 2 unspecified atom stereocenters. The lowest BCUT2D eigenvalue weighted by molar-refractivity contribution is -0.147. The van der Waals surface area contributed by atoms with Gasteiger partial charge >= 0.3 is 23.9 Å². The summed E-state index contributed by atoms with van der Waals surface area (Å²) < 4.78 is 21.5. The molecule has 0 saturated carbocycles. The number of ether oxygens (including phenoxy) is 4. The fourth-order valence-corrected chi connectivity index (χ4v) is 6.27. The van der Waals surface area contributed by atoms with E-state index in [0.717, 1.165) is 16.7 Å². The van der Waals surface area contributed by atoms with Gasteiger partial charge in [-0.15, -0.1) is 0 Å². The zero-order chi connectivity index (χ0) is 35.3. The summed E-state index contributed by atoms with van der Waals surface area (Å²) in [6, 6.07) is 21.3. The number of carbonyl (C=O) groups excluding carboxylic acids is 4. The van der Waals surface area contributed by atoms with E-state index in [2.05, 4.69) is 10.6 Å². The molecule has 2 aliphatic heterocycles. The fourth-order valence-electron chi connectivity index (χ4n) is 6.27. The van der Waals surface area contributed by atoms with Gasteiger partial charge in [0.15, 0.2) is 11.1 Å². The third kappa shape index (κ3) is 6.95. The molecule has 0 spiro atoms. The molecule has 0 bridgehead atoms. The molecule has 0 aromatic heterocycles. The molecule has 0 saturated heterocycles. The first-order valence-corrected chi connectivity index (χ1v) is 16.5. The van der Waals surface area contributed by atoms with Gasteiger partial charge < -0.3 is 29.6 Å². The number of nitrogens with one attached hydrogen (secondary N) is 2. The van der Waals surface area contributed by atoms with Crippen LogP contribution >= 0.6 is 0 Å². The van der Waals surface area contributed by atoms with Gasteiger partial charge in [0.25, 0.3) is 0 Å². The Morgan fingerprint density at radius 2 is 0.980 bits per heavy atom. The molecule has 10 nitrogen and oxygen atoms in total. The Balaban J connectivity index is 1.66. The van der Waals surface area contributed by atoms with E-state index in [0.29, 0.717) is 22.5 Å². The van der Waals surface area contributed by atoms with E-state index in [4.69, 9.17) is 18.9 Å². The second kappa shape index (κ2) is 14.4. The van der Waals surface area contributed by atoms with Crippen molar-refractivity contribution in [2.24, 2.45) is 0 Å². The summed E-state index contributed by atoms with van der Waals surface area (Å²) in [6.45, 7) is 10.9. The van der Waals surface area contributed by atoms with Crippen molar-refractivity contribution in [3.63, 3.8) is 0 Å². The lowest BCUT2D eigenvalue weighted by Crippen LogP contribution is -2.45. The lowest BCUT2D eigenvalue weighted by atomic mass is 9.80. The summed E-state index contributed by atoms with van der Waals surface area (Å²) in [5.74, 6) is -2.48. The van der Waals surface area contributed by atoms with Crippen LogP contribution in [0.5, 0.6) is 0 Å². The number of esters is 4. The normalized spacial score (nSPS) is 19.7. The maximum absolute atomic E-state index is 13.3. The van der Waals surface area contributed by atoms with Gasteiger partial charge in [0, 0.05) is 28.4 Å². The Labute approximate surface area is 286 Å². The minimum absolute atomic E-state index is 0.163. The number of benzene rings is 3. The van der Waals surface area contributed by atoms with Crippen LogP contribution in [-0.2, 0) is 38.1 Å². The van der Waals surface area contributed by atoms with Crippen molar-refractivity contribution in [2.45, 2.75) is 58.5 Å². The number of carbonyl (C=O) groups is 4. The Morgan fingerprint density at radius 1 is 0.571 bits per heavy atom. The smallest absolute Gasteiger partial charge is 0.338 e. The third-order valence-electron chi connectivity index (χ3n) is 8.51. The molecule has 2 heterocycles. The zero-order valence-corrected chi connectivity index (χ0v) is 28.7. The standard InChI is InChI=1S/C39H42N2O8/c1-7-46-34(42)29-22-38(5,36(44)48-9-3)40-31-18-16-25(20-27(29)31)33(24-14-12-11-13-15-24)26-17-19-32-28(21-26)30(35(43)47-8-2)23-39(6,41-32)37(45)49-10-4/h11-23,33,40-41H,7-10H2,1-6H3. The average molecular weight is 667 g/mol. The van der Waals surface area contributed by atoms with Gasteiger partial charge in [-0.3, -0.25) is 0 Å². The quantitative estimate of drug-likeness (QED) is 0.138. The minimum atomic E-state index is -1.29. The third-order valence-corrected chi connectivity index (χ3v) is 8.51. The van der Waals surface area contributed by atoms with Crippen molar-refractivity contribution in [3.05, 3.63) is 107 Å². The monoisotopic (exact) mass is 666 g/mol. The van der Waals surface area contributed by atoms with Crippen molar-refractivity contribution >= 4 is 46.4 Å². The molecular formula is C39H42N2O8. The van der Waals surface area contributed by atoms with Gasteiger partial charge in [-0.05, 0) is 94.7 Å². The molecule has 2 N–H and O–H groups in total. The topological polar surface area (TPSA) is 129 Å². The van der Waals surface area contributed by atoms with E-state index in [1.54, 1.807) is 53.7 Å². The van der Waals surface area contributed by atoms with Crippen molar-refractivity contribution in [3.8, 4) is 0 Å². The molecule has 0 aliphatic carbocycles. The first-order valence-electron chi connectivity index (χ1n) is 16.5. The molecular weight excluding hydrogens is 624 g/mol. The van der Waals surface area contributed by atoms with E-state index >= 15 is 0 Å². The van der Waals surface area contributed by atoms with Crippen molar-refractivity contribution in [2.75, 3.05) is 37.1 Å². The second-order valence-corrected chi connectivity index (χ2v) is 12.1. The molecule has 256 valence electrons. The first kappa shape index (κ1) is 34.9. The summed E-state index contributed by atoms with van der Waals surface area (Å²) in [5.41, 5.74) is 2.91. The molecule has 10 heteroatoms. The van der Waals surface area contributed by atoms with Crippen LogP contribution in [0.3, 0.4) is 0 Å². The lowest BCUT2D eigenvalue weighted by Gasteiger charge is -2.34. The molecule has 2 aliphatic rings. The van der Waals surface area contributed by atoms with Gasteiger partial charge in [0.2, 0.25) is 0 Å². The average Bonchev–Trinajstić information content (AvgIpc) is 3.09. The molecule has 0 radical (unpaired) electrons. The Bertz CT molecular complexity index is 1720. The van der Waals surface area contributed by atoms with Crippen LogP contribution in [0.15, 0.2) is 78.9 Å². The highest BCUT2D eigenvalue weighted by atomic mass is 16.5. The van der Waals surface area contributed by atoms with Crippen LogP contribution in [0, 0.1) is 0 Å². The number of hydrogen-bond donors (Lipinski definition) is 2. The summed E-state index contributed by atoms with van der Waals surface area (Å²) in [7, 11) is 0. The summed E-state index contributed by atoms with van der Waals surface area (Å²) >= 11 is 0. The zero-order valence-electron chi connectivity index (χ0n) is 28.7. The van der Waals surface area contributed by atoms with E-state index in [1.807, 2.05) is 66.7 Å². The van der Waals surface area contributed by atoms with Crippen LogP contribution in [0.25, 0.3) is 11.1 Å². The molecule has 49 heavy (non-hydrogen) atoms. The highest BCUT2D eigenvalue weighted by Crippen LogP contribution is 2.43. The van der Waals surface area contributed by atoms with Crippen LogP contribution in [0.4, 0.5) is 11.4 Å². The van der Waals surface area contributed by atoms with Crippen LogP contribution in [0.1, 0.15) is 75.3 Å². The Kier molecular flexibility index (Phi) is 10.3. The van der Waals surface area contributed by atoms with Crippen molar-refractivity contribution in [1.29, 1.82) is 0 Å². The van der Waals surface area contributed by atoms with Gasteiger partial charge in [-0.1, -0.05) is 42.5 Å². The van der Waals surface area contributed by atoms with Gasteiger partial charge in [-0.25, -0.2) is 19.2 Å². The highest BCUT2D eigenvalue weighted by molar-refractivity contribution is 6.21. The number of fused-ring (bicyclic) bond motifs is 2. The minimum Gasteiger partial charge on any atom is -0.464 e. The molecule has 3 aromatic rings. The van der Waals surface area contributed by atoms with Gasteiger partial charge in [0.1, 0.15) is 0 Å². The summed E-state index contributed by atoms with van der Waals surface area (Å²) in [5, 5.41) is 6.53. The fraction of sp³-hybridized carbons (Fsp3) is 0.333. The molecule has 2 atom stereocenters. The van der Waals surface area contributed by atoms with E-state index in [-0.39, 0.29) is 43.5 Å². The van der Waals surface area contributed by atoms with Crippen LogP contribution in [-0.4, -0.2) is 61.4 Å². The second-order valence-electron chi connectivity index (χ2n) is 12.1. The van der Waals surface area contributed by atoms with E-state index < -0.39 is 35.0 Å². The molecule has 0 amide bonds. The van der Waals surface area contributed by atoms with Gasteiger partial charge in [0.05, 0.1) is 37.6 Å². The van der Waals surface area contributed by atoms with Crippen LogP contribution < -0.4 is 10.6 Å². The summed E-state index contributed by atoms with van der Waals surface area (Å²) in [6.07, 6.45) is 3.13. The Morgan fingerprint density at radius 3 is 1.37 bits per heavy atom. The molecule has 0 fully saturated rings. The van der Waals surface area contributed by atoms with Gasteiger partial charge in [-0.2, -0.15) is 0 Å². The predicted octanol–water partition coefficient (Wildman–Crippen LogP) is 6.25. The van der Waals surface area contributed by atoms with Crippen molar-refractivity contribution in [1.82, 2.24) is 0 Å². The number of rotatable bonds is 11. The predicted molar refractivity (Wildman–Crippen MR) is 187 cm³/mol. The first-order chi connectivity index (χ1) is 23.5. The Hall–Kier alpha value is -5.38. The number of hydrogen-bond acceptors (Lipinski definition) is 10. The number of anilines is 2. The SMILES string of the molecule is CCOC(=O)C1=CC(C)(C(=O)OCC)Nc2ccc(C(c3ccccc3)c3ccc4c(c3)C(C(=O)OCC)=CC(C)(C(=O)OCC)N4)cc21. The van der Waals surface area contributed by atoms with Crippen LogP contribution in [0.2, 0.25) is 0 Å². The highest BCUT2D eigenvalue weighted by Gasteiger charge is 2.41. The maximum atomic E-state index is 13.3. The maximum Gasteiger partial charge on any atom is 0.338 e.